The van der Waals surface area contributed by atoms with Gasteiger partial charge in [-0.25, -0.2) is 0 Å². The van der Waals surface area contributed by atoms with E-state index in [2.05, 4.69) is 22.4 Å². The van der Waals surface area contributed by atoms with E-state index in [4.69, 9.17) is 4.74 Å². The highest BCUT2D eigenvalue weighted by Gasteiger charge is 2.29. The van der Waals surface area contributed by atoms with E-state index >= 15 is 0 Å². The fourth-order valence-electron chi connectivity index (χ4n) is 3.46. The zero-order valence-electron chi connectivity index (χ0n) is 12.6. The van der Waals surface area contributed by atoms with Crippen molar-refractivity contribution in [3.05, 3.63) is 22.4 Å². The minimum Gasteiger partial charge on any atom is -0.376 e. The Morgan fingerprint density at radius 1 is 1.24 bits per heavy atom. The van der Waals surface area contributed by atoms with Crippen LogP contribution in [0.4, 0.5) is 0 Å². The van der Waals surface area contributed by atoms with Crippen molar-refractivity contribution in [2.24, 2.45) is 5.92 Å². The van der Waals surface area contributed by atoms with Crippen LogP contribution >= 0.6 is 11.3 Å². The molecule has 1 unspecified atom stereocenters. The summed E-state index contributed by atoms with van der Waals surface area (Å²) in [6.07, 6.45) is 8.34. The number of amides is 1. The second-order valence-electron chi connectivity index (χ2n) is 6.27. The zero-order valence-corrected chi connectivity index (χ0v) is 13.4. The van der Waals surface area contributed by atoms with Gasteiger partial charge in [-0.15, -0.1) is 11.3 Å². The summed E-state index contributed by atoms with van der Waals surface area (Å²) < 4.78 is 5.75. The predicted molar refractivity (Wildman–Crippen MR) is 85.3 cm³/mol. The second-order valence-corrected chi connectivity index (χ2v) is 7.30. The molecule has 1 aromatic heterocycles. The van der Waals surface area contributed by atoms with Gasteiger partial charge < -0.3 is 9.64 Å². The third-order valence-electron chi connectivity index (χ3n) is 4.64. The van der Waals surface area contributed by atoms with E-state index in [0.29, 0.717) is 5.91 Å². The Labute approximate surface area is 131 Å². The van der Waals surface area contributed by atoms with Gasteiger partial charge in [-0.05, 0) is 37.1 Å². The van der Waals surface area contributed by atoms with Gasteiger partial charge in [0.15, 0.2) is 0 Å². The van der Waals surface area contributed by atoms with Crippen molar-refractivity contribution in [3.63, 3.8) is 0 Å². The molecule has 0 spiro atoms. The van der Waals surface area contributed by atoms with Crippen LogP contribution in [-0.2, 0) is 16.1 Å². The quantitative estimate of drug-likeness (QED) is 0.827. The molecule has 1 aliphatic carbocycles. The second kappa shape index (κ2) is 7.41. The molecule has 1 aromatic rings. The first-order valence-corrected chi connectivity index (χ1v) is 9.13. The van der Waals surface area contributed by atoms with Gasteiger partial charge in [-0.3, -0.25) is 4.79 Å². The third kappa shape index (κ3) is 4.07. The molecule has 0 bridgehead atoms. The number of hydrogen-bond donors (Lipinski definition) is 0. The summed E-state index contributed by atoms with van der Waals surface area (Å²) in [5.41, 5.74) is 0. The van der Waals surface area contributed by atoms with E-state index in [0.717, 1.165) is 45.4 Å². The summed E-state index contributed by atoms with van der Waals surface area (Å²) in [4.78, 5) is 16.2. The summed E-state index contributed by atoms with van der Waals surface area (Å²) in [5, 5.41) is 2.09. The van der Waals surface area contributed by atoms with Gasteiger partial charge in [0.25, 0.3) is 0 Å². The average Bonchev–Trinajstić information content (AvgIpc) is 3.20. The molecule has 1 saturated heterocycles. The smallest absolute Gasteiger partial charge is 0.226 e. The Kier molecular flexibility index (Phi) is 5.31. The molecular weight excluding hydrogens is 282 g/mol. The Morgan fingerprint density at radius 3 is 2.76 bits per heavy atom. The molecule has 3 rings (SSSR count). The normalized spacial score (nSPS) is 23.3. The van der Waals surface area contributed by atoms with Gasteiger partial charge in [0.2, 0.25) is 5.91 Å². The average molecular weight is 307 g/mol. The zero-order chi connectivity index (χ0) is 14.5. The third-order valence-corrected chi connectivity index (χ3v) is 5.50. The van der Waals surface area contributed by atoms with Crippen LogP contribution in [0.3, 0.4) is 0 Å². The highest BCUT2D eigenvalue weighted by Crippen LogP contribution is 2.27. The van der Waals surface area contributed by atoms with E-state index in [1.165, 1.54) is 24.1 Å². The van der Waals surface area contributed by atoms with E-state index in [9.17, 15) is 4.79 Å². The molecule has 1 saturated carbocycles. The molecular formula is C17H25NO2S. The molecule has 2 fully saturated rings. The molecule has 3 nitrogen and oxygen atoms in total. The van der Waals surface area contributed by atoms with Gasteiger partial charge in [0.05, 0.1) is 12.6 Å². The number of carbonyl (C=O) groups is 1. The van der Waals surface area contributed by atoms with E-state index in [1.54, 1.807) is 11.3 Å². The first-order valence-electron chi connectivity index (χ1n) is 8.25. The summed E-state index contributed by atoms with van der Waals surface area (Å²) in [6, 6.07) is 4.19. The summed E-state index contributed by atoms with van der Waals surface area (Å²) in [7, 11) is 0. The minimum absolute atomic E-state index is 0.248. The maximum absolute atomic E-state index is 12.9. The number of nitrogens with zero attached hydrogens (tertiary/aromatic N) is 1. The highest BCUT2D eigenvalue weighted by atomic mass is 32.1. The number of thiophene rings is 1. The maximum Gasteiger partial charge on any atom is 0.226 e. The van der Waals surface area contributed by atoms with E-state index < -0.39 is 0 Å². The topological polar surface area (TPSA) is 29.5 Å². The number of rotatable bonds is 5. The minimum atomic E-state index is 0.248. The number of carbonyl (C=O) groups excluding carboxylic acids is 1. The van der Waals surface area contributed by atoms with Crippen LogP contribution in [-0.4, -0.2) is 30.1 Å². The molecule has 1 amide bonds. The summed E-state index contributed by atoms with van der Waals surface area (Å²) in [5.74, 6) is 0.610. The lowest BCUT2D eigenvalue weighted by Gasteiger charge is -2.30. The van der Waals surface area contributed by atoms with Crippen molar-refractivity contribution in [3.8, 4) is 0 Å². The fourth-order valence-corrected chi connectivity index (χ4v) is 4.18. The van der Waals surface area contributed by atoms with Gasteiger partial charge in [0, 0.05) is 23.9 Å². The monoisotopic (exact) mass is 307 g/mol. The number of hydrogen-bond acceptors (Lipinski definition) is 3. The molecule has 1 aliphatic heterocycles. The molecule has 0 N–H and O–H groups in total. The van der Waals surface area contributed by atoms with Crippen LogP contribution in [0, 0.1) is 5.92 Å². The molecule has 2 aliphatic rings. The molecule has 1 atom stereocenters. The van der Waals surface area contributed by atoms with Crippen LogP contribution in [0.1, 0.15) is 49.8 Å². The van der Waals surface area contributed by atoms with Crippen LogP contribution in [0.5, 0.6) is 0 Å². The van der Waals surface area contributed by atoms with Crippen molar-refractivity contribution in [2.45, 2.75) is 57.6 Å². The largest absolute Gasteiger partial charge is 0.376 e. The maximum atomic E-state index is 12.9. The molecule has 21 heavy (non-hydrogen) atoms. The standard InChI is InChI=1S/C17H25NO2S/c19-17(14-6-2-1-3-7-14)18(12-15-8-4-10-20-15)13-16-9-5-11-21-16/h5,9,11,14-15H,1-4,6-8,10,12-13H2. The molecule has 116 valence electrons. The molecule has 0 aromatic carbocycles. The summed E-state index contributed by atoms with van der Waals surface area (Å²) in [6.45, 7) is 2.38. The van der Waals surface area contributed by atoms with Crippen molar-refractivity contribution in [2.75, 3.05) is 13.2 Å². The lowest BCUT2D eigenvalue weighted by atomic mass is 9.88. The van der Waals surface area contributed by atoms with Crippen LogP contribution in [0.2, 0.25) is 0 Å². The van der Waals surface area contributed by atoms with Crippen molar-refractivity contribution < 1.29 is 9.53 Å². The Morgan fingerprint density at radius 2 is 2.10 bits per heavy atom. The predicted octanol–water partition coefficient (Wildman–Crippen LogP) is 3.84. The van der Waals surface area contributed by atoms with Gasteiger partial charge in [-0.2, -0.15) is 0 Å². The first-order chi connectivity index (χ1) is 10.3. The highest BCUT2D eigenvalue weighted by molar-refractivity contribution is 7.09. The van der Waals surface area contributed by atoms with Crippen molar-refractivity contribution >= 4 is 17.2 Å². The van der Waals surface area contributed by atoms with Crippen LogP contribution in [0.15, 0.2) is 17.5 Å². The Bertz CT molecular complexity index is 434. The van der Waals surface area contributed by atoms with E-state index in [1.807, 2.05) is 0 Å². The fraction of sp³-hybridized carbons (Fsp3) is 0.706. The lowest BCUT2D eigenvalue weighted by molar-refractivity contribution is -0.138. The lowest BCUT2D eigenvalue weighted by Crippen LogP contribution is -2.40. The van der Waals surface area contributed by atoms with Gasteiger partial charge >= 0.3 is 0 Å². The van der Waals surface area contributed by atoms with Gasteiger partial charge in [-0.1, -0.05) is 25.3 Å². The molecule has 2 heterocycles. The van der Waals surface area contributed by atoms with Crippen molar-refractivity contribution in [1.29, 1.82) is 0 Å². The number of ether oxygens (including phenoxy) is 1. The first kappa shape index (κ1) is 15.0. The van der Waals surface area contributed by atoms with E-state index in [-0.39, 0.29) is 12.0 Å². The molecule has 4 heteroatoms. The molecule has 0 radical (unpaired) electrons. The van der Waals surface area contributed by atoms with Gasteiger partial charge in [0.1, 0.15) is 0 Å². The summed E-state index contributed by atoms with van der Waals surface area (Å²) >= 11 is 1.74. The Balaban J connectivity index is 1.65. The van der Waals surface area contributed by atoms with Crippen LogP contribution < -0.4 is 0 Å². The SMILES string of the molecule is O=C(C1CCCCC1)N(Cc1cccs1)CC1CCCO1. The Hall–Kier alpha value is -0.870. The van der Waals surface area contributed by atoms with Crippen LogP contribution in [0.25, 0.3) is 0 Å². The van der Waals surface area contributed by atoms with Crippen molar-refractivity contribution in [1.82, 2.24) is 4.90 Å².